The van der Waals surface area contributed by atoms with Gasteiger partial charge in [-0.2, -0.15) is 0 Å². The summed E-state index contributed by atoms with van der Waals surface area (Å²) < 4.78 is 14.6. The first-order valence-electron chi connectivity index (χ1n) is 5.94. The predicted molar refractivity (Wildman–Crippen MR) is 82.4 cm³/mol. The van der Waals surface area contributed by atoms with Gasteiger partial charge in [-0.15, -0.1) is 0 Å². The maximum atomic E-state index is 14.0. The van der Waals surface area contributed by atoms with Crippen molar-refractivity contribution < 1.29 is 4.39 Å². The molecule has 1 aromatic heterocycles. The number of benzene rings is 2. The normalized spacial score (nSPS) is 11.0. The number of aromatic nitrogens is 2. The third-order valence-electron chi connectivity index (χ3n) is 2.95. The SMILES string of the molecule is Cc1cccc(-c2nc(Cl)c3cc(Br)cc(F)c3n2)c1. The van der Waals surface area contributed by atoms with Crippen molar-refractivity contribution >= 4 is 38.4 Å². The topological polar surface area (TPSA) is 25.8 Å². The highest BCUT2D eigenvalue weighted by molar-refractivity contribution is 9.10. The largest absolute Gasteiger partial charge is 0.225 e. The quantitative estimate of drug-likeness (QED) is 0.566. The predicted octanol–water partition coefficient (Wildman–Crippen LogP) is 5.16. The van der Waals surface area contributed by atoms with Crippen LogP contribution < -0.4 is 0 Å². The highest BCUT2D eigenvalue weighted by atomic mass is 79.9. The average molecular weight is 352 g/mol. The summed E-state index contributed by atoms with van der Waals surface area (Å²) in [5, 5.41) is 0.738. The van der Waals surface area contributed by atoms with Crippen molar-refractivity contribution in [2.75, 3.05) is 0 Å². The van der Waals surface area contributed by atoms with Crippen LogP contribution in [-0.4, -0.2) is 9.97 Å². The van der Waals surface area contributed by atoms with Gasteiger partial charge in [-0.1, -0.05) is 51.3 Å². The molecule has 0 atom stereocenters. The highest BCUT2D eigenvalue weighted by Crippen LogP contribution is 2.29. The van der Waals surface area contributed by atoms with E-state index in [0.717, 1.165) is 11.1 Å². The van der Waals surface area contributed by atoms with Crippen LogP contribution in [0.4, 0.5) is 4.39 Å². The number of hydrogen-bond acceptors (Lipinski definition) is 2. The van der Waals surface area contributed by atoms with Crippen LogP contribution in [0, 0.1) is 12.7 Å². The Morgan fingerprint density at radius 2 is 1.95 bits per heavy atom. The molecule has 0 radical (unpaired) electrons. The van der Waals surface area contributed by atoms with Gasteiger partial charge in [0.1, 0.15) is 10.7 Å². The molecule has 0 amide bonds. The molecule has 2 nitrogen and oxygen atoms in total. The average Bonchev–Trinajstić information content (AvgIpc) is 2.39. The molecule has 100 valence electrons. The van der Waals surface area contributed by atoms with Crippen LogP contribution in [0.3, 0.4) is 0 Å². The lowest BCUT2D eigenvalue weighted by atomic mass is 10.1. The van der Waals surface area contributed by atoms with Gasteiger partial charge in [0.15, 0.2) is 11.6 Å². The molecule has 0 aliphatic carbocycles. The molecule has 3 aromatic rings. The molecule has 0 aliphatic rings. The van der Waals surface area contributed by atoms with E-state index in [0.29, 0.717) is 15.7 Å². The molecule has 0 saturated heterocycles. The molecule has 0 spiro atoms. The van der Waals surface area contributed by atoms with E-state index in [9.17, 15) is 4.39 Å². The first kappa shape index (κ1) is 13.5. The molecule has 0 unspecified atom stereocenters. The summed E-state index contributed by atoms with van der Waals surface area (Å²) in [6.45, 7) is 1.98. The van der Waals surface area contributed by atoms with E-state index >= 15 is 0 Å². The van der Waals surface area contributed by atoms with Gasteiger partial charge in [0.25, 0.3) is 0 Å². The van der Waals surface area contributed by atoms with Gasteiger partial charge in [0.05, 0.1) is 0 Å². The minimum Gasteiger partial charge on any atom is -0.225 e. The Kier molecular flexibility index (Phi) is 3.44. The third-order valence-corrected chi connectivity index (χ3v) is 3.69. The molecule has 1 heterocycles. The summed E-state index contributed by atoms with van der Waals surface area (Å²) >= 11 is 9.39. The lowest BCUT2D eigenvalue weighted by Gasteiger charge is -2.06. The molecule has 2 aromatic carbocycles. The second kappa shape index (κ2) is 5.11. The number of fused-ring (bicyclic) bond motifs is 1. The molecular weight excluding hydrogens is 343 g/mol. The first-order chi connectivity index (χ1) is 9.54. The van der Waals surface area contributed by atoms with E-state index in [1.54, 1.807) is 6.07 Å². The Morgan fingerprint density at radius 3 is 2.70 bits per heavy atom. The van der Waals surface area contributed by atoms with Crippen LogP contribution in [0.1, 0.15) is 5.56 Å². The molecule has 0 saturated carbocycles. The lowest BCUT2D eigenvalue weighted by molar-refractivity contribution is 0.636. The molecule has 0 aliphatic heterocycles. The summed E-state index contributed by atoms with van der Waals surface area (Å²) in [5.74, 6) is 0.000000472. The Morgan fingerprint density at radius 1 is 1.15 bits per heavy atom. The zero-order valence-electron chi connectivity index (χ0n) is 10.5. The van der Waals surface area contributed by atoms with Crippen molar-refractivity contribution in [2.45, 2.75) is 6.92 Å². The second-order valence-corrected chi connectivity index (χ2v) is 5.76. The zero-order chi connectivity index (χ0) is 14.3. The number of hydrogen-bond donors (Lipinski definition) is 0. The van der Waals surface area contributed by atoms with Crippen molar-refractivity contribution in [2.24, 2.45) is 0 Å². The van der Waals surface area contributed by atoms with Gasteiger partial charge >= 0.3 is 0 Å². The van der Waals surface area contributed by atoms with Gasteiger partial charge in [0.2, 0.25) is 0 Å². The van der Waals surface area contributed by atoms with E-state index in [2.05, 4.69) is 25.9 Å². The molecule has 5 heteroatoms. The van der Waals surface area contributed by atoms with E-state index in [1.807, 2.05) is 31.2 Å². The Labute approximate surface area is 128 Å². The van der Waals surface area contributed by atoms with Gasteiger partial charge in [-0.3, -0.25) is 0 Å². The molecule has 0 N–H and O–H groups in total. The first-order valence-corrected chi connectivity index (χ1v) is 7.11. The number of halogens is 3. The molecule has 3 rings (SSSR count). The van der Waals surface area contributed by atoms with Crippen molar-refractivity contribution in [1.29, 1.82) is 0 Å². The van der Waals surface area contributed by atoms with Gasteiger partial charge in [-0.25, -0.2) is 14.4 Å². The molecular formula is C15H9BrClFN2. The fourth-order valence-electron chi connectivity index (χ4n) is 2.03. The van der Waals surface area contributed by atoms with Crippen LogP contribution in [-0.2, 0) is 0 Å². The lowest BCUT2D eigenvalue weighted by Crippen LogP contribution is -1.94. The van der Waals surface area contributed by atoms with Crippen molar-refractivity contribution in [3.63, 3.8) is 0 Å². The number of nitrogens with zero attached hydrogens (tertiary/aromatic N) is 2. The number of aryl methyl sites for hydroxylation is 1. The van der Waals surface area contributed by atoms with Crippen LogP contribution in [0.2, 0.25) is 5.15 Å². The van der Waals surface area contributed by atoms with Gasteiger partial charge < -0.3 is 0 Å². The summed E-state index contributed by atoms with van der Waals surface area (Å²) in [6, 6.07) is 10.8. The van der Waals surface area contributed by atoms with Crippen molar-refractivity contribution in [3.8, 4) is 11.4 Å². The minimum atomic E-state index is -0.424. The monoisotopic (exact) mass is 350 g/mol. The van der Waals surface area contributed by atoms with Crippen LogP contribution in [0.15, 0.2) is 40.9 Å². The van der Waals surface area contributed by atoms with Crippen molar-refractivity contribution in [1.82, 2.24) is 9.97 Å². The maximum Gasteiger partial charge on any atom is 0.161 e. The summed E-state index contributed by atoms with van der Waals surface area (Å²) in [4.78, 5) is 8.56. The van der Waals surface area contributed by atoms with Crippen LogP contribution >= 0.6 is 27.5 Å². The van der Waals surface area contributed by atoms with E-state index in [1.165, 1.54) is 6.07 Å². The zero-order valence-corrected chi connectivity index (χ0v) is 12.8. The van der Waals surface area contributed by atoms with Gasteiger partial charge in [-0.05, 0) is 25.1 Å². The van der Waals surface area contributed by atoms with E-state index in [-0.39, 0.29) is 10.7 Å². The van der Waals surface area contributed by atoms with Crippen molar-refractivity contribution in [3.05, 3.63) is 57.4 Å². The standard InChI is InChI=1S/C15H9BrClFN2/c1-8-3-2-4-9(5-8)15-19-13-11(14(17)20-15)6-10(16)7-12(13)18/h2-7H,1H3. The molecule has 0 fully saturated rings. The van der Waals surface area contributed by atoms with Gasteiger partial charge in [0, 0.05) is 15.4 Å². The summed E-state index contributed by atoms with van der Waals surface area (Å²) in [6.07, 6.45) is 0. The number of rotatable bonds is 1. The third kappa shape index (κ3) is 2.41. The fraction of sp³-hybridized carbons (Fsp3) is 0.0667. The minimum absolute atomic E-state index is 0.227. The Bertz CT molecular complexity index is 820. The Hall–Kier alpha value is -1.52. The summed E-state index contributed by atoms with van der Waals surface area (Å²) in [5.41, 5.74) is 2.12. The van der Waals surface area contributed by atoms with Crippen LogP contribution in [0.25, 0.3) is 22.3 Å². The smallest absolute Gasteiger partial charge is 0.161 e. The fourth-order valence-corrected chi connectivity index (χ4v) is 2.69. The highest BCUT2D eigenvalue weighted by Gasteiger charge is 2.12. The summed E-state index contributed by atoms with van der Waals surface area (Å²) in [7, 11) is 0. The Balaban J connectivity index is 2.29. The van der Waals surface area contributed by atoms with E-state index < -0.39 is 5.82 Å². The van der Waals surface area contributed by atoms with E-state index in [4.69, 9.17) is 11.6 Å². The molecule has 0 bridgehead atoms. The second-order valence-electron chi connectivity index (χ2n) is 4.49. The molecule has 20 heavy (non-hydrogen) atoms. The maximum absolute atomic E-state index is 14.0. The van der Waals surface area contributed by atoms with Crippen LogP contribution in [0.5, 0.6) is 0 Å².